The minimum absolute atomic E-state index is 0.0374. The van der Waals surface area contributed by atoms with Crippen LogP contribution in [0, 0.1) is 18.8 Å². The number of hydrogen-bond donors (Lipinski definition) is 2. The first-order valence-electron chi connectivity index (χ1n) is 10.3. The number of nitrogens with zero attached hydrogens (tertiary/aromatic N) is 2. The van der Waals surface area contributed by atoms with Crippen LogP contribution in [0.25, 0.3) is 0 Å². The van der Waals surface area contributed by atoms with Gasteiger partial charge < -0.3 is 10.2 Å². The van der Waals surface area contributed by atoms with Crippen LogP contribution in [0.1, 0.15) is 18.9 Å². The fraction of sp³-hybridized carbons (Fsp3) is 0.391. The fourth-order valence-electron chi connectivity index (χ4n) is 4.41. The van der Waals surface area contributed by atoms with Crippen LogP contribution in [0.3, 0.4) is 0 Å². The number of benzene rings is 2. The van der Waals surface area contributed by atoms with E-state index in [2.05, 4.69) is 22.6 Å². The number of likely N-dealkylation sites (tertiary alicyclic amines) is 1. The van der Waals surface area contributed by atoms with E-state index in [0.717, 1.165) is 29.9 Å². The number of para-hydroxylation sites is 1. The van der Waals surface area contributed by atoms with Crippen molar-refractivity contribution in [2.75, 3.05) is 30.0 Å². The molecular formula is C23H28N4O2. The second-order valence-electron chi connectivity index (χ2n) is 8.00. The molecule has 2 N–H and O–H groups in total. The number of piperidine rings is 1. The van der Waals surface area contributed by atoms with Crippen molar-refractivity contribution in [1.82, 2.24) is 10.3 Å². The summed E-state index contributed by atoms with van der Waals surface area (Å²) in [5.74, 6) is -0.542. The van der Waals surface area contributed by atoms with Crippen molar-refractivity contribution in [3.8, 4) is 0 Å². The largest absolute Gasteiger partial charge is 0.326 e. The normalized spacial score (nSPS) is 24.4. The first-order valence-corrected chi connectivity index (χ1v) is 10.3. The summed E-state index contributed by atoms with van der Waals surface area (Å²) in [6.07, 6.45) is 0.994. The van der Waals surface area contributed by atoms with E-state index in [9.17, 15) is 9.59 Å². The van der Waals surface area contributed by atoms with Gasteiger partial charge in [0, 0.05) is 18.8 Å². The van der Waals surface area contributed by atoms with E-state index in [1.165, 1.54) is 0 Å². The molecule has 4 rings (SSSR count). The number of carbonyl (C=O) groups is 2. The van der Waals surface area contributed by atoms with E-state index in [1.807, 2.05) is 61.5 Å². The Labute approximate surface area is 171 Å². The lowest BCUT2D eigenvalue weighted by Crippen LogP contribution is -2.56. The predicted octanol–water partition coefficient (Wildman–Crippen LogP) is 2.81. The number of fused-ring (bicyclic) bond motifs is 1. The molecular weight excluding hydrogens is 364 g/mol. The number of hydrogen-bond acceptors (Lipinski definition) is 4. The van der Waals surface area contributed by atoms with Gasteiger partial charge in [-0.25, -0.2) is 10.4 Å². The summed E-state index contributed by atoms with van der Waals surface area (Å²) in [6.45, 7) is 6.34. The highest BCUT2D eigenvalue weighted by Crippen LogP contribution is 2.32. The molecule has 0 bridgehead atoms. The Morgan fingerprint density at radius 3 is 2.66 bits per heavy atom. The van der Waals surface area contributed by atoms with Crippen LogP contribution in [-0.2, 0) is 9.59 Å². The predicted molar refractivity (Wildman–Crippen MR) is 114 cm³/mol. The topological polar surface area (TPSA) is 64.7 Å². The van der Waals surface area contributed by atoms with Crippen molar-refractivity contribution in [3.05, 3.63) is 60.2 Å². The summed E-state index contributed by atoms with van der Waals surface area (Å²) in [5.41, 5.74) is 6.05. The molecule has 6 heteroatoms. The third-order valence-corrected chi connectivity index (χ3v) is 5.77. The maximum Gasteiger partial charge on any atom is 0.247 e. The number of amides is 2. The maximum atomic E-state index is 13.2. The number of hydrazine groups is 1. The Balaban J connectivity index is 1.58. The van der Waals surface area contributed by atoms with Gasteiger partial charge >= 0.3 is 0 Å². The summed E-state index contributed by atoms with van der Waals surface area (Å²) in [5, 5.41) is 4.68. The summed E-state index contributed by atoms with van der Waals surface area (Å²) in [4.78, 5) is 28.6. The van der Waals surface area contributed by atoms with Gasteiger partial charge in [-0.05, 0) is 49.7 Å². The van der Waals surface area contributed by atoms with Gasteiger partial charge in [-0.3, -0.25) is 9.59 Å². The minimum Gasteiger partial charge on any atom is -0.326 e. The third kappa shape index (κ3) is 4.04. The van der Waals surface area contributed by atoms with Crippen molar-refractivity contribution in [2.24, 2.45) is 11.8 Å². The summed E-state index contributed by atoms with van der Waals surface area (Å²) in [7, 11) is 0. The van der Waals surface area contributed by atoms with Gasteiger partial charge in [0.1, 0.15) is 0 Å². The average molecular weight is 393 g/mol. The van der Waals surface area contributed by atoms with Crippen molar-refractivity contribution >= 4 is 23.2 Å². The van der Waals surface area contributed by atoms with Crippen LogP contribution < -0.4 is 15.8 Å². The standard InChI is InChI=1S/C23H28N4O2/c1-3-12-26-14-19(22(28)24-17-9-7-8-16(2)13-17)21-20(15-26)23(29)27(25-21)18-10-5-4-6-11-18/h4-11,13,19-21,25H,3,12,14-15H2,1-2H3,(H,24,28). The molecule has 29 heavy (non-hydrogen) atoms. The van der Waals surface area contributed by atoms with Crippen molar-refractivity contribution < 1.29 is 9.59 Å². The van der Waals surface area contributed by atoms with Crippen LogP contribution >= 0.6 is 0 Å². The van der Waals surface area contributed by atoms with Gasteiger partial charge in [-0.1, -0.05) is 37.3 Å². The summed E-state index contributed by atoms with van der Waals surface area (Å²) in [6, 6.07) is 17.2. The second kappa shape index (κ2) is 8.35. The van der Waals surface area contributed by atoms with Crippen LogP contribution in [0.2, 0.25) is 0 Å². The Bertz CT molecular complexity index is 885. The summed E-state index contributed by atoms with van der Waals surface area (Å²) < 4.78 is 0. The molecule has 152 valence electrons. The first-order chi connectivity index (χ1) is 14.1. The average Bonchev–Trinajstić information content (AvgIpc) is 3.05. The number of anilines is 2. The van der Waals surface area contributed by atoms with Crippen molar-refractivity contribution in [3.63, 3.8) is 0 Å². The van der Waals surface area contributed by atoms with Gasteiger partial charge in [0.05, 0.1) is 23.6 Å². The quantitative estimate of drug-likeness (QED) is 0.821. The third-order valence-electron chi connectivity index (χ3n) is 5.77. The van der Waals surface area contributed by atoms with Gasteiger partial charge in [0.25, 0.3) is 0 Å². The van der Waals surface area contributed by atoms with Crippen molar-refractivity contribution in [1.29, 1.82) is 0 Å². The molecule has 2 saturated heterocycles. The zero-order valence-corrected chi connectivity index (χ0v) is 17.0. The van der Waals surface area contributed by atoms with E-state index in [4.69, 9.17) is 0 Å². The van der Waals surface area contributed by atoms with Crippen LogP contribution in [0.4, 0.5) is 11.4 Å². The zero-order chi connectivity index (χ0) is 20.4. The fourth-order valence-corrected chi connectivity index (χ4v) is 4.41. The van der Waals surface area contributed by atoms with E-state index >= 15 is 0 Å². The molecule has 0 aromatic heterocycles. The lowest BCUT2D eigenvalue weighted by atomic mass is 9.84. The molecule has 2 amide bonds. The zero-order valence-electron chi connectivity index (χ0n) is 17.0. The van der Waals surface area contributed by atoms with Gasteiger partial charge in [0.15, 0.2) is 0 Å². The van der Waals surface area contributed by atoms with E-state index in [-0.39, 0.29) is 29.7 Å². The molecule has 3 atom stereocenters. The van der Waals surface area contributed by atoms with Crippen LogP contribution in [0.5, 0.6) is 0 Å². The number of nitrogens with one attached hydrogen (secondary N) is 2. The molecule has 2 aliphatic heterocycles. The molecule has 2 aromatic carbocycles. The maximum absolute atomic E-state index is 13.2. The molecule has 0 spiro atoms. The van der Waals surface area contributed by atoms with Gasteiger partial charge in [0.2, 0.25) is 11.8 Å². The lowest BCUT2D eigenvalue weighted by molar-refractivity contribution is -0.126. The minimum atomic E-state index is -0.307. The number of aryl methyl sites for hydroxylation is 1. The number of rotatable bonds is 5. The molecule has 2 aromatic rings. The molecule has 6 nitrogen and oxygen atoms in total. The SMILES string of the molecule is CCCN1CC(C(=O)Nc2cccc(C)c2)C2NN(c3ccccc3)C(=O)C2C1. The molecule has 2 fully saturated rings. The molecule has 3 unspecified atom stereocenters. The molecule has 2 aliphatic rings. The molecule has 0 saturated carbocycles. The monoisotopic (exact) mass is 392 g/mol. The van der Waals surface area contributed by atoms with Gasteiger partial charge in [-0.15, -0.1) is 0 Å². The number of carbonyl (C=O) groups excluding carboxylic acids is 2. The molecule has 0 aliphatic carbocycles. The van der Waals surface area contributed by atoms with Gasteiger partial charge in [-0.2, -0.15) is 0 Å². The smallest absolute Gasteiger partial charge is 0.247 e. The molecule has 0 radical (unpaired) electrons. The highest BCUT2D eigenvalue weighted by atomic mass is 16.2. The highest BCUT2D eigenvalue weighted by molar-refractivity contribution is 6.00. The second-order valence-corrected chi connectivity index (χ2v) is 8.00. The van der Waals surface area contributed by atoms with E-state index < -0.39 is 0 Å². The van der Waals surface area contributed by atoms with Crippen molar-refractivity contribution in [2.45, 2.75) is 26.3 Å². The molecule has 2 heterocycles. The van der Waals surface area contributed by atoms with Crippen LogP contribution in [0.15, 0.2) is 54.6 Å². The van der Waals surface area contributed by atoms with E-state index in [1.54, 1.807) is 5.01 Å². The Morgan fingerprint density at radius 2 is 1.93 bits per heavy atom. The highest BCUT2D eigenvalue weighted by Gasteiger charge is 2.50. The Morgan fingerprint density at radius 1 is 1.14 bits per heavy atom. The Kier molecular flexibility index (Phi) is 5.65. The van der Waals surface area contributed by atoms with E-state index in [0.29, 0.717) is 13.1 Å². The first kappa shape index (κ1) is 19.6. The summed E-state index contributed by atoms with van der Waals surface area (Å²) >= 11 is 0. The lowest BCUT2D eigenvalue weighted by Gasteiger charge is -2.38. The Hall–Kier alpha value is -2.70. The van der Waals surface area contributed by atoms with Crippen LogP contribution in [-0.4, -0.2) is 42.4 Å².